The number of allylic oxidation sites excluding steroid dienone is 3. The maximum absolute atomic E-state index is 2.38. The Bertz CT molecular complexity index is 865. The highest BCUT2D eigenvalue weighted by Gasteiger charge is 2.41. The van der Waals surface area contributed by atoms with Gasteiger partial charge in [0.25, 0.3) is 6.71 Å². The van der Waals surface area contributed by atoms with Crippen LogP contribution in [-0.4, -0.2) is 20.8 Å². The number of rotatable bonds is 0. The molecule has 2 nitrogen and oxygen atoms in total. The summed E-state index contributed by atoms with van der Waals surface area (Å²) < 4.78 is 0. The third-order valence-corrected chi connectivity index (χ3v) is 5.34. The normalized spacial score (nSPS) is 17.6. The van der Waals surface area contributed by atoms with Crippen LogP contribution in [0.5, 0.6) is 0 Å². The minimum absolute atomic E-state index is 0.378. The molecular weight excluding hydrogens is 267 g/mol. The maximum Gasteiger partial charge on any atom is 0.251 e. The van der Waals surface area contributed by atoms with Crippen LogP contribution in [0.4, 0.5) is 17.1 Å². The second-order valence-electron chi connectivity index (χ2n) is 6.33. The summed E-state index contributed by atoms with van der Waals surface area (Å²) in [6, 6.07) is 15.5. The van der Waals surface area contributed by atoms with Gasteiger partial charge in [0, 0.05) is 43.3 Å². The molecule has 0 N–H and O–H groups in total. The Kier molecular flexibility index (Phi) is 2.25. The van der Waals surface area contributed by atoms with Gasteiger partial charge in [0.05, 0.1) is 0 Å². The lowest BCUT2D eigenvalue weighted by Crippen LogP contribution is -2.55. The molecular formula is C19H17BN2. The molecule has 0 atom stereocenters. The first-order valence-electron chi connectivity index (χ1n) is 7.86. The predicted octanol–water partition coefficient (Wildman–Crippen LogP) is 2.58. The fourth-order valence-electron chi connectivity index (χ4n) is 4.32. The van der Waals surface area contributed by atoms with E-state index in [1.54, 1.807) is 0 Å². The van der Waals surface area contributed by atoms with Crippen molar-refractivity contribution in [3.63, 3.8) is 0 Å². The fourth-order valence-corrected chi connectivity index (χ4v) is 4.32. The van der Waals surface area contributed by atoms with Gasteiger partial charge in [-0.3, -0.25) is 0 Å². The van der Waals surface area contributed by atoms with Gasteiger partial charge in [0.1, 0.15) is 0 Å². The van der Waals surface area contributed by atoms with Crippen LogP contribution in [-0.2, 0) is 0 Å². The second-order valence-corrected chi connectivity index (χ2v) is 6.33. The van der Waals surface area contributed by atoms with Crippen LogP contribution in [0.25, 0.3) is 0 Å². The first-order chi connectivity index (χ1) is 10.8. The second kappa shape index (κ2) is 4.07. The summed E-state index contributed by atoms with van der Waals surface area (Å²) in [6.45, 7) is 0.378. The Balaban J connectivity index is 1.89. The lowest BCUT2D eigenvalue weighted by Gasteiger charge is -2.41. The van der Waals surface area contributed by atoms with Gasteiger partial charge in [-0.05, 0) is 34.6 Å². The third-order valence-electron chi connectivity index (χ3n) is 5.34. The summed E-state index contributed by atoms with van der Waals surface area (Å²) in [5.41, 5.74) is 9.82. The molecule has 0 radical (unpaired) electrons. The monoisotopic (exact) mass is 284 g/mol. The molecule has 0 saturated heterocycles. The van der Waals surface area contributed by atoms with Crippen molar-refractivity contribution in [3.05, 3.63) is 65.8 Å². The predicted molar refractivity (Wildman–Crippen MR) is 95.2 cm³/mol. The van der Waals surface area contributed by atoms with Gasteiger partial charge in [0.15, 0.2) is 0 Å². The molecule has 106 valence electrons. The van der Waals surface area contributed by atoms with Crippen LogP contribution in [0.3, 0.4) is 0 Å². The molecule has 5 rings (SSSR count). The Morgan fingerprint density at radius 2 is 1.59 bits per heavy atom. The van der Waals surface area contributed by atoms with Crippen molar-refractivity contribution in [2.45, 2.75) is 6.42 Å². The summed E-state index contributed by atoms with van der Waals surface area (Å²) >= 11 is 0. The van der Waals surface area contributed by atoms with Crippen LogP contribution in [0.2, 0.25) is 0 Å². The standard InChI is InChI=1S/C19H17BN2/c1-21-15-9-4-3-7-13(15)20-14-8-5-10-16(14)22(2)18-12-6-11-17(21)19(18)20/h3-9,11-12H,10H2,1-2H3. The van der Waals surface area contributed by atoms with E-state index in [9.17, 15) is 0 Å². The quantitative estimate of drug-likeness (QED) is 0.686. The van der Waals surface area contributed by atoms with E-state index in [1.165, 1.54) is 39.2 Å². The lowest BCUT2D eigenvalue weighted by molar-refractivity contribution is 1.04. The Morgan fingerprint density at radius 1 is 0.864 bits per heavy atom. The number of hydrogen-bond donors (Lipinski definition) is 0. The van der Waals surface area contributed by atoms with Crippen molar-refractivity contribution in [1.29, 1.82) is 0 Å². The molecule has 0 fully saturated rings. The molecule has 22 heavy (non-hydrogen) atoms. The van der Waals surface area contributed by atoms with Crippen molar-refractivity contribution >= 4 is 34.7 Å². The van der Waals surface area contributed by atoms with Gasteiger partial charge in [0.2, 0.25) is 0 Å². The minimum Gasteiger partial charge on any atom is -0.349 e. The highest BCUT2D eigenvalue weighted by molar-refractivity contribution is 6.95. The van der Waals surface area contributed by atoms with Crippen LogP contribution in [0.15, 0.2) is 65.8 Å². The Labute approximate surface area is 131 Å². The topological polar surface area (TPSA) is 6.48 Å². The highest BCUT2D eigenvalue weighted by atomic mass is 15.2. The molecule has 2 aromatic rings. The first-order valence-corrected chi connectivity index (χ1v) is 7.86. The number of hydrogen-bond acceptors (Lipinski definition) is 2. The van der Waals surface area contributed by atoms with Crippen LogP contribution in [0, 0.1) is 0 Å². The van der Waals surface area contributed by atoms with Crippen molar-refractivity contribution in [1.82, 2.24) is 0 Å². The van der Waals surface area contributed by atoms with Crippen molar-refractivity contribution < 1.29 is 0 Å². The average Bonchev–Trinajstić information content (AvgIpc) is 3.04. The summed E-state index contributed by atoms with van der Waals surface area (Å²) in [4.78, 5) is 4.72. The number of benzene rings is 2. The summed E-state index contributed by atoms with van der Waals surface area (Å²) in [5.74, 6) is 0. The van der Waals surface area contributed by atoms with Gasteiger partial charge in [-0.1, -0.05) is 36.4 Å². The van der Waals surface area contributed by atoms with Gasteiger partial charge in [-0.15, -0.1) is 0 Å². The van der Waals surface area contributed by atoms with Gasteiger partial charge < -0.3 is 9.80 Å². The summed E-state index contributed by atoms with van der Waals surface area (Å²) in [6.07, 6.45) is 5.68. The molecule has 2 aliphatic heterocycles. The van der Waals surface area contributed by atoms with Crippen LogP contribution >= 0.6 is 0 Å². The molecule has 0 amide bonds. The van der Waals surface area contributed by atoms with E-state index in [-0.39, 0.29) is 0 Å². The largest absolute Gasteiger partial charge is 0.349 e. The fraction of sp³-hybridized carbons (Fsp3) is 0.158. The molecule has 0 saturated carbocycles. The van der Waals surface area contributed by atoms with E-state index in [2.05, 4.69) is 78.5 Å². The summed E-state index contributed by atoms with van der Waals surface area (Å²) in [5, 5.41) is 0. The summed E-state index contributed by atoms with van der Waals surface area (Å²) in [7, 11) is 4.38. The van der Waals surface area contributed by atoms with Crippen LogP contribution < -0.4 is 20.7 Å². The molecule has 2 aromatic carbocycles. The Hall–Kier alpha value is -2.42. The zero-order chi connectivity index (χ0) is 14.8. The van der Waals surface area contributed by atoms with Crippen LogP contribution in [0.1, 0.15) is 6.42 Å². The zero-order valence-corrected chi connectivity index (χ0v) is 12.9. The van der Waals surface area contributed by atoms with Gasteiger partial charge in [-0.2, -0.15) is 0 Å². The molecule has 0 aromatic heterocycles. The number of para-hydroxylation sites is 1. The molecule has 0 bridgehead atoms. The van der Waals surface area contributed by atoms with E-state index < -0.39 is 0 Å². The average molecular weight is 284 g/mol. The zero-order valence-electron chi connectivity index (χ0n) is 12.9. The number of anilines is 3. The van der Waals surface area contributed by atoms with Crippen molar-refractivity contribution in [3.8, 4) is 0 Å². The van der Waals surface area contributed by atoms with E-state index >= 15 is 0 Å². The molecule has 0 spiro atoms. The SMILES string of the molecule is CN1C2=C(C=CC2)B2c3ccccc3N(C)c3cccc1c32. The Morgan fingerprint density at radius 3 is 2.45 bits per heavy atom. The van der Waals surface area contributed by atoms with E-state index in [4.69, 9.17) is 0 Å². The minimum atomic E-state index is 0.378. The number of nitrogens with zero attached hydrogens (tertiary/aromatic N) is 2. The van der Waals surface area contributed by atoms with E-state index in [0.29, 0.717) is 6.71 Å². The van der Waals surface area contributed by atoms with E-state index in [0.717, 1.165) is 6.42 Å². The van der Waals surface area contributed by atoms with E-state index in [1.807, 2.05) is 0 Å². The number of fused-ring (bicyclic) bond motifs is 3. The molecule has 3 aliphatic rings. The molecule has 3 heteroatoms. The van der Waals surface area contributed by atoms with Crippen molar-refractivity contribution in [2.75, 3.05) is 23.9 Å². The van der Waals surface area contributed by atoms with Crippen molar-refractivity contribution in [2.24, 2.45) is 0 Å². The maximum atomic E-state index is 2.38. The van der Waals surface area contributed by atoms with Gasteiger partial charge in [-0.25, -0.2) is 0 Å². The van der Waals surface area contributed by atoms with Gasteiger partial charge >= 0.3 is 0 Å². The third kappa shape index (κ3) is 1.32. The molecule has 2 heterocycles. The smallest absolute Gasteiger partial charge is 0.251 e. The lowest BCUT2D eigenvalue weighted by atomic mass is 9.33. The first kappa shape index (κ1) is 12.2. The molecule has 0 unspecified atom stereocenters. The molecule has 1 aliphatic carbocycles. The highest BCUT2D eigenvalue weighted by Crippen LogP contribution is 2.39.